The van der Waals surface area contributed by atoms with Crippen LogP contribution in [0.25, 0.3) is 0 Å². The molecule has 3 nitrogen and oxygen atoms in total. The van der Waals surface area contributed by atoms with Crippen molar-refractivity contribution in [1.29, 1.82) is 0 Å². The summed E-state index contributed by atoms with van der Waals surface area (Å²) >= 11 is 0. The molecule has 2 N–H and O–H groups in total. The Hall–Kier alpha value is -1.34. The number of hydrogen-bond acceptors (Lipinski definition) is 3. The van der Waals surface area contributed by atoms with Gasteiger partial charge in [-0.15, -0.1) is 0 Å². The molecule has 17 heavy (non-hydrogen) atoms. The van der Waals surface area contributed by atoms with Gasteiger partial charge in [-0.05, 0) is 0 Å². The van der Waals surface area contributed by atoms with E-state index in [0.717, 1.165) is 0 Å². The Morgan fingerprint density at radius 2 is 1.53 bits per heavy atom. The summed E-state index contributed by atoms with van der Waals surface area (Å²) in [5.74, 6) is -7.24. The molecular weight excluding hydrogens is 242 g/mol. The fourth-order valence-corrected chi connectivity index (χ4v) is 1.07. The highest BCUT2D eigenvalue weighted by Crippen LogP contribution is 2.26. The predicted molar refractivity (Wildman–Crippen MR) is 51.6 cm³/mol. The van der Waals surface area contributed by atoms with Gasteiger partial charge in [0.15, 0.2) is 17.4 Å². The van der Waals surface area contributed by atoms with Crippen LogP contribution in [0.2, 0.25) is 0 Å². The van der Waals surface area contributed by atoms with Crippen molar-refractivity contribution in [1.82, 2.24) is 0 Å². The highest BCUT2D eigenvalue weighted by Gasteiger charge is 2.20. The maximum Gasteiger partial charge on any atom is 0.203 e. The largest absolute Gasteiger partial charge is 0.485 e. The highest BCUT2D eigenvalue weighted by molar-refractivity contribution is 5.28. The molecular formula is C10H11F4NO2. The first kappa shape index (κ1) is 13.7. The molecule has 0 saturated carbocycles. The maximum absolute atomic E-state index is 13.1. The third-order valence-electron chi connectivity index (χ3n) is 1.81. The van der Waals surface area contributed by atoms with Gasteiger partial charge in [0, 0.05) is 12.6 Å². The number of hydrogen-bond donors (Lipinski definition) is 1. The van der Waals surface area contributed by atoms with Crippen molar-refractivity contribution in [2.45, 2.75) is 0 Å². The minimum atomic E-state index is -1.57. The third kappa shape index (κ3) is 3.57. The summed E-state index contributed by atoms with van der Waals surface area (Å²) in [5, 5.41) is 0. The van der Waals surface area contributed by atoms with Crippen LogP contribution in [0.4, 0.5) is 17.6 Å². The summed E-state index contributed by atoms with van der Waals surface area (Å²) in [4.78, 5) is 0. The zero-order valence-corrected chi connectivity index (χ0v) is 8.81. The van der Waals surface area contributed by atoms with Crippen molar-refractivity contribution >= 4 is 0 Å². The van der Waals surface area contributed by atoms with E-state index >= 15 is 0 Å². The summed E-state index contributed by atoms with van der Waals surface area (Å²) < 4.78 is 61.0. The number of rotatable bonds is 6. The second kappa shape index (κ2) is 6.41. The quantitative estimate of drug-likeness (QED) is 0.476. The second-order valence-electron chi connectivity index (χ2n) is 3.05. The summed E-state index contributed by atoms with van der Waals surface area (Å²) in [7, 11) is 0. The lowest BCUT2D eigenvalue weighted by atomic mass is 10.3. The van der Waals surface area contributed by atoms with Gasteiger partial charge >= 0.3 is 0 Å². The van der Waals surface area contributed by atoms with E-state index in [2.05, 4.69) is 4.74 Å². The molecule has 0 aromatic heterocycles. The van der Waals surface area contributed by atoms with Crippen molar-refractivity contribution < 1.29 is 27.0 Å². The molecule has 0 heterocycles. The van der Waals surface area contributed by atoms with E-state index in [1.54, 1.807) is 0 Å². The zero-order chi connectivity index (χ0) is 12.8. The number of ether oxygens (including phenoxy) is 2. The number of benzene rings is 1. The Kier molecular flexibility index (Phi) is 5.17. The first-order chi connectivity index (χ1) is 8.07. The van der Waals surface area contributed by atoms with Gasteiger partial charge in [-0.25, -0.2) is 8.78 Å². The predicted octanol–water partition coefficient (Wildman–Crippen LogP) is 1.60. The molecule has 0 radical (unpaired) electrons. The molecule has 1 aromatic carbocycles. The van der Waals surface area contributed by atoms with Crippen molar-refractivity contribution in [3.8, 4) is 5.75 Å². The number of halogens is 4. The van der Waals surface area contributed by atoms with Crippen molar-refractivity contribution in [2.24, 2.45) is 5.73 Å². The van der Waals surface area contributed by atoms with Crippen LogP contribution >= 0.6 is 0 Å². The van der Waals surface area contributed by atoms with Crippen molar-refractivity contribution in [2.75, 3.05) is 26.4 Å². The standard InChI is InChI=1S/C10H11F4NO2/c11-6-5-7(12)9(14)10(8(6)13)17-4-3-16-2-1-15/h5H,1-4,15H2. The Morgan fingerprint density at radius 3 is 2.06 bits per heavy atom. The monoisotopic (exact) mass is 253 g/mol. The van der Waals surface area contributed by atoms with E-state index in [9.17, 15) is 17.6 Å². The molecule has 0 bridgehead atoms. The Bertz CT molecular complexity index is 361. The summed E-state index contributed by atoms with van der Waals surface area (Å²) in [6.07, 6.45) is 0. The van der Waals surface area contributed by atoms with Gasteiger partial charge in [0.2, 0.25) is 11.6 Å². The van der Waals surface area contributed by atoms with E-state index in [1.165, 1.54) is 0 Å². The molecule has 1 rings (SSSR count). The lowest BCUT2D eigenvalue weighted by molar-refractivity contribution is 0.102. The van der Waals surface area contributed by atoms with Gasteiger partial charge < -0.3 is 15.2 Å². The fraction of sp³-hybridized carbons (Fsp3) is 0.400. The van der Waals surface area contributed by atoms with Gasteiger partial charge in [-0.3, -0.25) is 0 Å². The SMILES string of the molecule is NCCOCCOc1c(F)c(F)cc(F)c1F. The zero-order valence-electron chi connectivity index (χ0n) is 8.81. The van der Waals surface area contributed by atoms with Crippen LogP contribution in [-0.2, 0) is 4.74 Å². The van der Waals surface area contributed by atoms with Gasteiger partial charge in [0.05, 0.1) is 13.2 Å². The normalized spacial score (nSPS) is 10.6. The van der Waals surface area contributed by atoms with Crippen LogP contribution in [0.15, 0.2) is 6.07 Å². The van der Waals surface area contributed by atoms with E-state index in [1.807, 2.05) is 0 Å². The lowest BCUT2D eigenvalue weighted by Gasteiger charge is -2.09. The average molecular weight is 253 g/mol. The van der Waals surface area contributed by atoms with Crippen molar-refractivity contribution in [3.05, 3.63) is 29.3 Å². The molecule has 0 amide bonds. The fourth-order valence-electron chi connectivity index (χ4n) is 1.07. The van der Waals surface area contributed by atoms with Gasteiger partial charge in [0.25, 0.3) is 0 Å². The molecule has 1 aromatic rings. The van der Waals surface area contributed by atoms with E-state index in [0.29, 0.717) is 0 Å². The van der Waals surface area contributed by atoms with Crippen LogP contribution in [-0.4, -0.2) is 26.4 Å². The summed E-state index contributed by atoms with van der Waals surface area (Å²) in [6.45, 7) is 0.314. The minimum Gasteiger partial charge on any atom is -0.485 e. The molecule has 7 heteroatoms. The van der Waals surface area contributed by atoms with E-state index in [4.69, 9.17) is 10.5 Å². The van der Waals surface area contributed by atoms with Crippen LogP contribution in [0.1, 0.15) is 0 Å². The van der Waals surface area contributed by atoms with Crippen LogP contribution < -0.4 is 10.5 Å². The third-order valence-corrected chi connectivity index (χ3v) is 1.81. The van der Waals surface area contributed by atoms with Crippen molar-refractivity contribution in [3.63, 3.8) is 0 Å². The first-order valence-electron chi connectivity index (χ1n) is 4.81. The lowest BCUT2D eigenvalue weighted by Crippen LogP contribution is -2.14. The van der Waals surface area contributed by atoms with Crippen LogP contribution in [0, 0.1) is 23.3 Å². The Balaban J connectivity index is 2.64. The first-order valence-corrected chi connectivity index (χ1v) is 4.81. The number of nitrogens with two attached hydrogens (primary N) is 1. The second-order valence-corrected chi connectivity index (χ2v) is 3.05. The van der Waals surface area contributed by atoms with Gasteiger partial charge in [-0.1, -0.05) is 0 Å². The Morgan fingerprint density at radius 1 is 0.941 bits per heavy atom. The summed E-state index contributed by atoms with van der Waals surface area (Å²) in [6, 6.07) is 0.114. The molecule has 0 saturated heterocycles. The topological polar surface area (TPSA) is 44.5 Å². The highest BCUT2D eigenvalue weighted by atomic mass is 19.2. The molecule has 0 aliphatic heterocycles. The van der Waals surface area contributed by atoms with Crippen LogP contribution in [0.5, 0.6) is 5.75 Å². The van der Waals surface area contributed by atoms with Gasteiger partial charge in [0.1, 0.15) is 6.61 Å². The summed E-state index contributed by atoms with van der Waals surface area (Å²) in [5.41, 5.74) is 5.12. The smallest absolute Gasteiger partial charge is 0.203 e. The molecule has 0 aliphatic rings. The van der Waals surface area contributed by atoms with E-state index < -0.39 is 29.0 Å². The van der Waals surface area contributed by atoms with Crippen LogP contribution in [0.3, 0.4) is 0 Å². The molecule has 0 spiro atoms. The van der Waals surface area contributed by atoms with Gasteiger partial charge in [-0.2, -0.15) is 8.78 Å². The molecule has 0 aliphatic carbocycles. The molecule has 0 atom stereocenters. The minimum absolute atomic E-state index is 0.00815. The molecule has 0 fully saturated rings. The Labute approximate surface area is 95.1 Å². The van der Waals surface area contributed by atoms with E-state index in [-0.39, 0.29) is 32.4 Å². The maximum atomic E-state index is 13.1. The molecule has 0 unspecified atom stereocenters. The molecule has 96 valence electrons. The average Bonchev–Trinajstić information content (AvgIpc) is 2.30.